The third-order valence-electron chi connectivity index (χ3n) is 5.15. The van der Waals surface area contributed by atoms with Crippen molar-refractivity contribution >= 4 is 11.0 Å². The first-order chi connectivity index (χ1) is 10.3. The first-order valence-corrected chi connectivity index (χ1v) is 8.51. The van der Waals surface area contributed by atoms with E-state index >= 15 is 0 Å². The zero-order valence-electron chi connectivity index (χ0n) is 13.3. The number of rotatable bonds is 5. The van der Waals surface area contributed by atoms with Crippen molar-refractivity contribution in [1.82, 2.24) is 5.32 Å². The van der Waals surface area contributed by atoms with Gasteiger partial charge in [-0.05, 0) is 49.9 Å². The van der Waals surface area contributed by atoms with Crippen LogP contribution < -0.4 is 5.32 Å². The minimum absolute atomic E-state index is 0.579. The number of benzene rings is 1. The van der Waals surface area contributed by atoms with E-state index in [0.717, 1.165) is 24.6 Å². The molecule has 0 bridgehead atoms. The topological polar surface area (TPSA) is 25.2 Å². The third-order valence-corrected chi connectivity index (χ3v) is 5.15. The largest absolute Gasteiger partial charge is 0.461 e. The normalized spacial score (nSPS) is 26.3. The fraction of sp³-hybridized carbons (Fsp3) is 0.579. The second-order valence-corrected chi connectivity index (χ2v) is 6.45. The lowest BCUT2D eigenvalue weighted by Gasteiger charge is -2.35. The Bertz CT molecular complexity index is 541. The molecule has 0 radical (unpaired) electrons. The van der Waals surface area contributed by atoms with E-state index in [0.29, 0.717) is 11.8 Å². The van der Waals surface area contributed by atoms with E-state index in [1.165, 1.54) is 36.8 Å². The average Bonchev–Trinajstić information content (AvgIpc) is 2.96. The molecular formula is C19H27NO. The van der Waals surface area contributed by atoms with Crippen LogP contribution in [0.2, 0.25) is 0 Å². The predicted octanol–water partition coefficient (Wildman–Crippen LogP) is 4.95. The highest BCUT2D eigenvalue weighted by atomic mass is 16.3. The van der Waals surface area contributed by atoms with Crippen molar-refractivity contribution < 1.29 is 4.42 Å². The van der Waals surface area contributed by atoms with Crippen LogP contribution in [0, 0.1) is 11.8 Å². The maximum Gasteiger partial charge on any atom is 0.134 e. The van der Waals surface area contributed by atoms with Gasteiger partial charge in [0.25, 0.3) is 0 Å². The Hall–Kier alpha value is -1.28. The Morgan fingerprint density at radius 3 is 2.81 bits per heavy atom. The number of fused-ring (bicyclic) bond motifs is 1. The van der Waals surface area contributed by atoms with Crippen LogP contribution in [0.1, 0.15) is 51.2 Å². The summed E-state index contributed by atoms with van der Waals surface area (Å²) in [5.41, 5.74) is 1.04. The van der Waals surface area contributed by atoms with Gasteiger partial charge in [-0.25, -0.2) is 0 Å². The van der Waals surface area contributed by atoms with Crippen LogP contribution in [0.3, 0.4) is 0 Å². The minimum atomic E-state index is 0.579. The second-order valence-electron chi connectivity index (χ2n) is 6.45. The molecule has 1 heterocycles. The van der Waals surface area contributed by atoms with Crippen molar-refractivity contribution in [2.45, 2.75) is 45.4 Å². The average molecular weight is 285 g/mol. The predicted molar refractivity (Wildman–Crippen MR) is 88.6 cm³/mol. The van der Waals surface area contributed by atoms with Gasteiger partial charge in [0.2, 0.25) is 0 Å². The SMILES string of the molecule is CCNCC1CCC(CC)CC1c1cc2ccccc2o1. The van der Waals surface area contributed by atoms with E-state index in [-0.39, 0.29) is 0 Å². The fourth-order valence-corrected chi connectivity index (χ4v) is 3.80. The first-order valence-electron chi connectivity index (χ1n) is 8.51. The first kappa shape index (κ1) is 14.6. The summed E-state index contributed by atoms with van der Waals surface area (Å²) in [6, 6.07) is 10.7. The lowest BCUT2D eigenvalue weighted by molar-refractivity contribution is 0.208. The van der Waals surface area contributed by atoms with Gasteiger partial charge in [0.1, 0.15) is 11.3 Å². The Kier molecular flexibility index (Phi) is 4.64. The van der Waals surface area contributed by atoms with E-state index in [2.05, 4.69) is 49.5 Å². The maximum atomic E-state index is 6.18. The number of para-hydroxylation sites is 1. The van der Waals surface area contributed by atoms with Crippen LogP contribution in [0.15, 0.2) is 34.7 Å². The lowest BCUT2D eigenvalue weighted by atomic mass is 9.72. The van der Waals surface area contributed by atoms with Crippen molar-refractivity contribution in [3.63, 3.8) is 0 Å². The zero-order chi connectivity index (χ0) is 14.7. The maximum absolute atomic E-state index is 6.18. The molecule has 1 aromatic heterocycles. The van der Waals surface area contributed by atoms with Gasteiger partial charge in [-0.1, -0.05) is 44.9 Å². The molecule has 3 unspecified atom stereocenters. The molecular weight excluding hydrogens is 258 g/mol. The van der Waals surface area contributed by atoms with E-state index < -0.39 is 0 Å². The molecule has 1 aliphatic rings. The summed E-state index contributed by atoms with van der Waals surface area (Å²) in [6.07, 6.45) is 5.29. The molecule has 114 valence electrons. The molecule has 21 heavy (non-hydrogen) atoms. The number of furan rings is 1. The lowest BCUT2D eigenvalue weighted by Crippen LogP contribution is -2.31. The van der Waals surface area contributed by atoms with Gasteiger partial charge < -0.3 is 9.73 Å². The molecule has 1 saturated carbocycles. The van der Waals surface area contributed by atoms with Gasteiger partial charge in [0.05, 0.1) is 0 Å². The van der Waals surface area contributed by atoms with Crippen LogP contribution in [0.25, 0.3) is 11.0 Å². The molecule has 0 saturated heterocycles. The third kappa shape index (κ3) is 3.16. The Labute approximate surface area is 127 Å². The summed E-state index contributed by atoms with van der Waals surface area (Å²) in [7, 11) is 0. The molecule has 2 nitrogen and oxygen atoms in total. The summed E-state index contributed by atoms with van der Waals surface area (Å²) in [5.74, 6) is 3.36. The molecule has 1 aromatic carbocycles. The monoisotopic (exact) mass is 285 g/mol. The molecule has 1 aliphatic carbocycles. The molecule has 0 spiro atoms. The standard InChI is InChI=1S/C19H27NO/c1-3-14-9-10-16(13-20-4-2)17(11-14)19-12-15-7-5-6-8-18(15)21-19/h5-8,12,14,16-17,20H,3-4,9-11,13H2,1-2H3. The number of nitrogens with one attached hydrogen (secondary N) is 1. The van der Waals surface area contributed by atoms with Crippen molar-refractivity contribution in [2.24, 2.45) is 11.8 Å². The van der Waals surface area contributed by atoms with Gasteiger partial charge in [0, 0.05) is 11.3 Å². The summed E-state index contributed by atoms with van der Waals surface area (Å²) < 4.78 is 6.18. The van der Waals surface area contributed by atoms with Gasteiger partial charge in [-0.2, -0.15) is 0 Å². The Morgan fingerprint density at radius 1 is 1.19 bits per heavy atom. The highest BCUT2D eigenvalue weighted by Crippen LogP contribution is 2.42. The number of hydrogen-bond donors (Lipinski definition) is 1. The van der Waals surface area contributed by atoms with Gasteiger partial charge in [-0.15, -0.1) is 0 Å². The highest BCUT2D eigenvalue weighted by Gasteiger charge is 2.32. The van der Waals surface area contributed by atoms with E-state index in [9.17, 15) is 0 Å². The van der Waals surface area contributed by atoms with Crippen LogP contribution in [-0.2, 0) is 0 Å². The fourth-order valence-electron chi connectivity index (χ4n) is 3.80. The van der Waals surface area contributed by atoms with Gasteiger partial charge in [0.15, 0.2) is 0 Å². The molecule has 1 fully saturated rings. The van der Waals surface area contributed by atoms with Crippen molar-refractivity contribution in [3.05, 3.63) is 36.1 Å². The second kappa shape index (κ2) is 6.65. The zero-order valence-corrected chi connectivity index (χ0v) is 13.3. The summed E-state index contributed by atoms with van der Waals surface area (Å²) in [5, 5.41) is 4.79. The van der Waals surface area contributed by atoms with Crippen LogP contribution in [0.4, 0.5) is 0 Å². The highest BCUT2D eigenvalue weighted by molar-refractivity contribution is 5.77. The smallest absolute Gasteiger partial charge is 0.134 e. The van der Waals surface area contributed by atoms with Gasteiger partial charge in [-0.3, -0.25) is 0 Å². The summed E-state index contributed by atoms with van der Waals surface area (Å²) in [6.45, 7) is 6.69. The molecule has 2 heteroatoms. The van der Waals surface area contributed by atoms with E-state index in [1.807, 2.05) is 0 Å². The van der Waals surface area contributed by atoms with Crippen LogP contribution in [0.5, 0.6) is 0 Å². The summed E-state index contributed by atoms with van der Waals surface area (Å²) >= 11 is 0. The van der Waals surface area contributed by atoms with Crippen LogP contribution in [-0.4, -0.2) is 13.1 Å². The van der Waals surface area contributed by atoms with Crippen molar-refractivity contribution in [1.29, 1.82) is 0 Å². The molecule has 0 aliphatic heterocycles. The van der Waals surface area contributed by atoms with E-state index in [4.69, 9.17) is 4.42 Å². The van der Waals surface area contributed by atoms with Gasteiger partial charge >= 0.3 is 0 Å². The summed E-state index contributed by atoms with van der Waals surface area (Å²) in [4.78, 5) is 0. The molecule has 1 N–H and O–H groups in total. The molecule has 2 aromatic rings. The van der Waals surface area contributed by atoms with Crippen molar-refractivity contribution in [3.8, 4) is 0 Å². The Balaban J connectivity index is 1.86. The minimum Gasteiger partial charge on any atom is -0.461 e. The van der Waals surface area contributed by atoms with Crippen molar-refractivity contribution in [2.75, 3.05) is 13.1 Å². The van der Waals surface area contributed by atoms with E-state index in [1.54, 1.807) is 0 Å². The quantitative estimate of drug-likeness (QED) is 0.840. The molecule has 3 rings (SSSR count). The Morgan fingerprint density at radius 2 is 2.05 bits per heavy atom. The molecule has 3 atom stereocenters. The number of hydrogen-bond acceptors (Lipinski definition) is 2. The van der Waals surface area contributed by atoms with Crippen LogP contribution >= 0.6 is 0 Å². The molecule has 0 amide bonds.